The quantitative estimate of drug-likeness (QED) is 0.717. The highest BCUT2D eigenvalue weighted by Crippen LogP contribution is 2.37. The third-order valence-electron chi connectivity index (χ3n) is 4.77. The predicted molar refractivity (Wildman–Crippen MR) is 98.4 cm³/mol. The molecule has 132 valence electrons. The molecule has 4 nitrogen and oxygen atoms in total. The van der Waals surface area contributed by atoms with Gasteiger partial charge in [0.05, 0.1) is 17.9 Å². The molecule has 0 spiro atoms. The van der Waals surface area contributed by atoms with Crippen LogP contribution in [0.25, 0.3) is 11.1 Å². The largest absolute Gasteiger partial charge is 0.330 e. The molecule has 2 heterocycles. The zero-order chi connectivity index (χ0) is 18.1. The van der Waals surface area contributed by atoms with Gasteiger partial charge in [-0.15, -0.1) is 0 Å². The molecule has 0 aliphatic carbocycles. The minimum Gasteiger partial charge on any atom is -0.330 e. The van der Waals surface area contributed by atoms with Crippen LogP contribution in [0.5, 0.6) is 0 Å². The number of H-pyrrole nitrogens is 1. The van der Waals surface area contributed by atoms with Gasteiger partial charge in [-0.25, -0.2) is 4.39 Å². The number of nitrogens with one attached hydrogen (secondary N) is 1. The van der Waals surface area contributed by atoms with E-state index in [1.807, 2.05) is 4.90 Å². The summed E-state index contributed by atoms with van der Waals surface area (Å²) in [4.78, 5) is 14.8. The predicted octanol–water partition coefficient (Wildman–Crippen LogP) is 4.85. The Balaban J connectivity index is 1.68. The average molecular weight is 370 g/mol. The van der Waals surface area contributed by atoms with Crippen molar-refractivity contribution in [3.8, 4) is 11.1 Å². The number of carbonyl (C=O) groups is 1. The van der Waals surface area contributed by atoms with Crippen molar-refractivity contribution < 1.29 is 9.18 Å². The molecule has 0 radical (unpaired) electrons. The number of carbonyl (C=O) groups excluding carboxylic acids is 1. The summed E-state index contributed by atoms with van der Waals surface area (Å²) in [6.45, 7) is 0.655. The molecule has 0 saturated carbocycles. The van der Waals surface area contributed by atoms with Crippen molar-refractivity contribution in [2.45, 2.75) is 18.9 Å². The fraction of sp³-hybridized carbons (Fsp3) is 0.200. The first-order valence-electron chi connectivity index (χ1n) is 8.50. The van der Waals surface area contributed by atoms with Crippen molar-refractivity contribution in [1.29, 1.82) is 0 Å². The maximum absolute atomic E-state index is 14.2. The normalized spacial score (nSPS) is 16.8. The molecule has 1 fully saturated rings. The van der Waals surface area contributed by atoms with E-state index < -0.39 is 0 Å². The molecular formula is C20H17ClFN3O. The van der Waals surface area contributed by atoms with Gasteiger partial charge in [0.25, 0.3) is 5.91 Å². The van der Waals surface area contributed by atoms with Crippen molar-refractivity contribution in [3.05, 3.63) is 76.8 Å². The van der Waals surface area contributed by atoms with Crippen LogP contribution in [0, 0.1) is 5.82 Å². The van der Waals surface area contributed by atoms with Gasteiger partial charge < -0.3 is 4.90 Å². The third-order valence-corrected chi connectivity index (χ3v) is 5.02. The van der Waals surface area contributed by atoms with Gasteiger partial charge in [0, 0.05) is 28.3 Å². The molecule has 3 aromatic rings. The van der Waals surface area contributed by atoms with E-state index in [1.165, 1.54) is 6.07 Å². The summed E-state index contributed by atoms with van der Waals surface area (Å²) in [5.41, 5.74) is 2.55. The number of likely N-dealkylation sites (tertiary alicyclic amines) is 1. The number of hydrogen-bond acceptors (Lipinski definition) is 2. The van der Waals surface area contributed by atoms with Gasteiger partial charge in [0.15, 0.2) is 0 Å². The summed E-state index contributed by atoms with van der Waals surface area (Å²) in [6.07, 6.45) is 3.32. The highest BCUT2D eigenvalue weighted by atomic mass is 35.5. The van der Waals surface area contributed by atoms with Crippen molar-refractivity contribution >= 4 is 17.5 Å². The Bertz CT molecular complexity index is 938. The van der Waals surface area contributed by atoms with Gasteiger partial charge in [-0.3, -0.25) is 9.89 Å². The van der Waals surface area contributed by atoms with E-state index >= 15 is 0 Å². The molecule has 2 aromatic carbocycles. The summed E-state index contributed by atoms with van der Waals surface area (Å²) >= 11 is 5.92. The monoisotopic (exact) mass is 369 g/mol. The Morgan fingerprint density at radius 1 is 1.15 bits per heavy atom. The van der Waals surface area contributed by atoms with Crippen LogP contribution in [0.4, 0.5) is 4.39 Å². The zero-order valence-corrected chi connectivity index (χ0v) is 14.7. The van der Waals surface area contributed by atoms with E-state index in [0.717, 1.165) is 18.5 Å². The summed E-state index contributed by atoms with van der Waals surface area (Å²) < 4.78 is 14.2. The first kappa shape index (κ1) is 16.8. The Hall–Kier alpha value is -2.66. The van der Waals surface area contributed by atoms with Crippen LogP contribution in [0.1, 0.15) is 34.9 Å². The lowest BCUT2D eigenvalue weighted by Gasteiger charge is -2.25. The van der Waals surface area contributed by atoms with Crippen molar-refractivity contribution in [3.63, 3.8) is 0 Å². The van der Waals surface area contributed by atoms with Crippen molar-refractivity contribution in [2.24, 2.45) is 0 Å². The molecule has 1 aliphatic heterocycles. The van der Waals surface area contributed by atoms with Gasteiger partial charge in [-0.2, -0.15) is 5.10 Å². The number of amides is 1. The molecule has 26 heavy (non-hydrogen) atoms. The van der Waals surface area contributed by atoms with E-state index in [4.69, 9.17) is 11.6 Å². The van der Waals surface area contributed by atoms with Crippen LogP contribution < -0.4 is 0 Å². The summed E-state index contributed by atoms with van der Waals surface area (Å²) in [5, 5.41) is 7.69. The number of aromatic amines is 1. The molecule has 4 rings (SSSR count). The Morgan fingerprint density at radius 2 is 1.92 bits per heavy atom. The van der Waals surface area contributed by atoms with Crippen LogP contribution in [0.15, 0.2) is 54.7 Å². The van der Waals surface area contributed by atoms with Crippen LogP contribution in [-0.2, 0) is 0 Å². The van der Waals surface area contributed by atoms with Gasteiger partial charge in [0.2, 0.25) is 0 Å². The lowest BCUT2D eigenvalue weighted by molar-refractivity contribution is 0.0733. The lowest BCUT2D eigenvalue weighted by atomic mass is 10.00. The maximum atomic E-state index is 14.2. The van der Waals surface area contributed by atoms with Gasteiger partial charge >= 0.3 is 0 Å². The maximum Gasteiger partial charge on any atom is 0.254 e. The molecule has 0 unspecified atom stereocenters. The standard InChI is InChI=1S/C20H17ClFN3O/c21-14-9-7-13(8-10-14)20(26)25-11-3-6-18(25)19-16(12-23-24-19)15-4-1-2-5-17(15)22/h1-2,4-5,7-10,12,18H,3,6,11H2,(H,23,24)/t18-/m1/s1. The highest BCUT2D eigenvalue weighted by molar-refractivity contribution is 6.30. The van der Waals surface area contributed by atoms with Gasteiger partial charge in [-0.1, -0.05) is 29.8 Å². The number of aromatic nitrogens is 2. The summed E-state index contributed by atoms with van der Waals surface area (Å²) in [7, 11) is 0. The van der Waals surface area contributed by atoms with Crippen LogP contribution >= 0.6 is 11.6 Å². The Labute approximate surface area is 155 Å². The molecule has 1 aliphatic rings. The second kappa shape index (κ2) is 6.92. The van der Waals surface area contributed by atoms with Crippen molar-refractivity contribution in [2.75, 3.05) is 6.54 Å². The van der Waals surface area contributed by atoms with Crippen LogP contribution in [0.2, 0.25) is 5.02 Å². The van der Waals surface area contributed by atoms with E-state index in [-0.39, 0.29) is 17.8 Å². The number of halogens is 2. The topological polar surface area (TPSA) is 49.0 Å². The van der Waals surface area contributed by atoms with Crippen LogP contribution in [0.3, 0.4) is 0 Å². The molecule has 1 saturated heterocycles. The first-order valence-corrected chi connectivity index (χ1v) is 8.87. The molecule has 1 amide bonds. The number of hydrogen-bond donors (Lipinski definition) is 1. The zero-order valence-electron chi connectivity index (χ0n) is 14.0. The molecule has 6 heteroatoms. The average Bonchev–Trinajstić information content (AvgIpc) is 3.31. The number of rotatable bonds is 3. The smallest absolute Gasteiger partial charge is 0.254 e. The minimum atomic E-state index is -0.302. The SMILES string of the molecule is O=C(c1ccc(Cl)cc1)N1CCC[C@@H]1c1[nH]ncc1-c1ccccc1F. The molecule has 1 atom stereocenters. The van der Waals surface area contributed by atoms with Crippen LogP contribution in [-0.4, -0.2) is 27.5 Å². The molecule has 1 N–H and O–H groups in total. The summed E-state index contributed by atoms with van der Waals surface area (Å²) in [6, 6.07) is 13.3. The van der Waals surface area contributed by atoms with E-state index in [9.17, 15) is 9.18 Å². The second-order valence-corrected chi connectivity index (χ2v) is 6.78. The van der Waals surface area contributed by atoms with Gasteiger partial charge in [-0.05, 0) is 43.2 Å². The summed E-state index contributed by atoms with van der Waals surface area (Å²) in [5.74, 6) is -0.359. The molecule has 0 bridgehead atoms. The number of nitrogens with zero attached hydrogens (tertiary/aromatic N) is 2. The van der Waals surface area contributed by atoms with E-state index in [1.54, 1.807) is 48.7 Å². The second-order valence-electron chi connectivity index (χ2n) is 6.34. The Morgan fingerprint density at radius 3 is 2.69 bits per heavy atom. The molecule has 1 aromatic heterocycles. The van der Waals surface area contributed by atoms with Crippen molar-refractivity contribution in [1.82, 2.24) is 15.1 Å². The third kappa shape index (κ3) is 2.99. The number of benzene rings is 2. The fourth-order valence-corrected chi connectivity index (χ4v) is 3.64. The van der Waals surface area contributed by atoms with E-state index in [0.29, 0.717) is 28.3 Å². The van der Waals surface area contributed by atoms with Gasteiger partial charge in [0.1, 0.15) is 5.82 Å². The lowest BCUT2D eigenvalue weighted by Crippen LogP contribution is -2.31. The van der Waals surface area contributed by atoms with E-state index in [2.05, 4.69) is 10.2 Å². The fourth-order valence-electron chi connectivity index (χ4n) is 3.51. The Kier molecular flexibility index (Phi) is 4.47. The molecular weight excluding hydrogens is 353 g/mol. The minimum absolute atomic E-state index is 0.0572. The highest BCUT2D eigenvalue weighted by Gasteiger charge is 2.33. The first-order chi connectivity index (χ1) is 12.6.